The van der Waals surface area contributed by atoms with E-state index in [0.29, 0.717) is 10.9 Å². The first-order valence-corrected chi connectivity index (χ1v) is 11.0. The number of amides is 2. The molecule has 0 fully saturated rings. The zero-order valence-corrected chi connectivity index (χ0v) is 17.9. The summed E-state index contributed by atoms with van der Waals surface area (Å²) in [7, 11) is 0. The highest BCUT2D eigenvalue weighted by atomic mass is 32.1. The highest BCUT2D eigenvalue weighted by molar-refractivity contribution is 7.15. The van der Waals surface area contributed by atoms with E-state index in [1.807, 2.05) is 24.3 Å². The minimum absolute atomic E-state index is 0.124. The number of carbonyl (C=O) groups excluding carboxylic acids is 2. The van der Waals surface area contributed by atoms with Gasteiger partial charge in [-0.2, -0.15) is 0 Å². The summed E-state index contributed by atoms with van der Waals surface area (Å²) in [6.45, 7) is 2.40. The molecule has 31 heavy (non-hydrogen) atoms. The summed E-state index contributed by atoms with van der Waals surface area (Å²) in [5.74, 6) is -0.0499. The molecule has 1 aromatic heterocycles. The molecular weight excluding hydrogens is 412 g/mol. The van der Waals surface area contributed by atoms with Crippen molar-refractivity contribution in [1.82, 2.24) is 15.2 Å². The van der Waals surface area contributed by atoms with Gasteiger partial charge < -0.3 is 15.4 Å². The van der Waals surface area contributed by atoms with Gasteiger partial charge in [-0.05, 0) is 17.7 Å². The Bertz CT molecular complexity index is 1020. The molecule has 2 N–H and O–H groups in total. The fourth-order valence-corrected chi connectivity index (χ4v) is 4.40. The molecule has 0 atom stereocenters. The average Bonchev–Trinajstić information content (AvgIpc) is 3.19. The van der Waals surface area contributed by atoms with Gasteiger partial charge in [-0.1, -0.05) is 48.5 Å². The molecule has 0 unspecified atom stereocenters. The molecule has 2 amide bonds. The van der Waals surface area contributed by atoms with Gasteiger partial charge in [-0.3, -0.25) is 14.5 Å². The van der Waals surface area contributed by atoms with E-state index in [1.165, 1.54) is 21.8 Å². The number of benzene rings is 2. The van der Waals surface area contributed by atoms with Gasteiger partial charge in [-0.25, -0.2) is 4.98 Å². The lowest BCUT2D eigenvalue weighted by Gasteiger charge is -2.25. The average molecular weight is 437 g/mol. The molecular formula is C23H24N4O3S. The van der Waals surface area contributed by atoms with E-state index in [4.69, 9.17) is 4.74 Å². The number of fused-ring (bicyclic) bond motifs is 1. The van der Waals surface area contributed by atoms with Crippen molar-refractivity contribution in [2.24, 2.45) is 0 Å². The molecule has 0 spiro atoms. The molecule has 160 valence electrons. The topological polar surface area (TPSA) is 83.6 Å². The minimum Gasteiger partial charge on any atom is -0.484 e. The van der Waals surface area contributed by atoms with Crippen LogP contribution in [0.5, 0.6) is 5.75 Å². The van der Waals surface area contributed by atoms with Gasteiger partial charge in [0, 0.05) is 30.9 Å². The van der Waals surface area contributed by atoms with Crippen LogP contribution in [-0.4, -0.2) is 41.4 Å². The van der Waals surface area contributed by atoms with Crippen LogP contribution in [0.4, 0.5) is 5.13 Å². The third-order valence-corrected chi connectivity index (χ3v) is 5.86. The number of carbonyl (C=O) groups is 2. The van der Waals surface area contributed by atoms with E-state index in [0.717, 1.165) is 31.7 Å². The highest BCUT2D eigenvalue weighted by Crippen LogP contribution is 2.29. The Morgan fingerprint density at radius 1 is 1.03 bits per heavy atom. The first-order valence-electron chi connectivity index (χ1n) is 10.1. The Hall–Kier alpha value is -3.23. The summed E-state index contributed by atoms with van der Waals surface area (Å²) in [5, 5.41) is 5.92. The number of hydrogen-bond donors (Lipinski definition) is 2. The van der Waals surface area contributed by atoms with Gasteiger partial charge in [0.05, 0.1) is 12.2 Å². The molecule has 2 aromatic carbocycles. The molecule has 7 nitrogen and oxygen atoms in total. The van der Waals surface area contributed by atoms with Crippen molar-refractivity contribution in [1.29, 1.82) is 0 Å². The van der Waals surface area contributed by atoms with Crippen LogP contribution in [0.15, 0.2) is 60.7 Å². The van der Waals surface area contributed by atoms with E-state index in [-0.39, 0.29) is 25.0 Å². The maximum absolute atomic E-state index is 12.2. The fourth-order valence-electron chi connectivity index (χ4n) is 3.34. The number of nitrogens with one attached hydrogen (secondary N) is 2. The van der Waals surface area contributed by atoms with Crippen molar-refractivity contribution in [2.45, 2.75) is 19.5 Å². The molecule has 0 aliphatic carbocycles. The zero-order chi connectivity index (χ0) is 21.5. The van der Waals surface area contributed by atoms with Crippen LogP contribution in [0, 0.1) is 0 Å². The molecule has 8 heteroatoms. The van der Waals surface area contributed by atoms with Crippen molar-refractivity contribution < 1.29 is 14.3 Å². The molecule has 1 aliphatic heterocycles. The number of nitrogens with zero attached hydrogens (tertiary/aromatic N) is 2. The first-order chi connectivity index (χ1) is 15.2. The number of anilines is 1. The van der Waals surface area contributed by atoms with Crippen molar-refractivity contribution in [3.8, 4) is 5.75 Å². The predicted molar refractivity (Wildman–Crippen MR) is 120 cm³/mol. The lowest BCUT2D eigenvalue weighted by molar-refractivity contribution is -0.125. The quantitative estimate of drug-likeness (QED) is 0.567. The molecule has 1 aliphatic rings. The molecule has 2 heterocycles. The summed E-state index contributed by atoms with van der Waals surface area (Å²) in [4.78, 5) is 32.2. The maximum Gasteiger partial charge on any atom is 0.258 e. The van der Waals surface area contributed by atoms with Gasteiger partial charge in [-0.15, -0.1) is 11.3 Å². The van der Waals surface area contributed by atoms with Crippen molar-refractivity contribution in [3.05, 3.63) is 76.8 Å². The third kappa shape index (κ3) is 6.13. The lowest BCUT2D eigenvalue weighted by atomic mass is 10.1. The van der Waals surface area contributed by atoms with Gasteiger partial charge in [0.15, 0.2) is 11.7 Å². The Labute approximate surface area is 185 Å². The first kappa shape index (κ1) is 21.0. The third-order valence-electron chi connectivity index (χ3n) is 4.86. The highest BCUT2D eigenvalue weighted by Gasteiger charge is 2.21. The van der Waals surface area contributed by atoms with Crippen molar-refractivity contribution in [3.63, 3.8) is 0 Å². The normalized spacial score (nSPS) is 13.3. The predicted octanol–water partition coefficient (Wildman–Crippen LogP) is 2.84. The van der Waals surface area contributed by atoms with Crippen LogP contribution < -0.4 is 15.4 Å². The molecule has 0 bridgehead atoms. The van der Waals surface area contributed by atoms with E-state index < -0.39 is 0 Å². The number of hydrogen-bond acceptors (Lipinski definition) is 6. The van der Waals surface area contributed by atoms with Crippen LogP contribution >= 0.6 is 11.3 Å². The van der Waals surface area contributed by atoms with Gasteiger partial charge in [0.25, 0.3) is 5.91 Å². The maximum atomic E-state index is 12.2. The summed E-state index contributed by atoms with van der Waals surface area (Å²) in [6, 6.07) is 19.5. The second kappa shape index (κ2) is 10.2. The monoisotopic (exact) mass is 436 g/mol. The summed E-state index contributed by atoms with van der Waals surface area (Å²) < 4.78 is 5.37. The number of rotatable bonds is 8. The Kier molecular flexibility index (Phi) is 6.91. The fraction of sp³-hybridized carbons (Fsp3) is 0.261. The summed E-state index contributed by atoms with van der Waals surface area (Å²) in [5.41, 5.74) is 2.33. The van der Waals surface area contributed by atoms with Crippen molar-refractivity contribution >= 4 is 28.3 Å². The summed E-state index contributed by atoms with van der Waals surface area (Å²) >= 11 is 1.50. The smallest absolute Gasteiger partial charge is 0.258 e. The molecule has 0 saturated carbocycles. The lowest BCUT2D eigenvalue weighted by Crippen LogP contribution is -2.35. The van der Waals surface area contributed by atoms with Crippen LogP contribution in [0.25, 0.3) is 0 Å². The SMILES string of the molecule is O=C(COc1ccccc1)NCC(=O)Nc1nc2c(s1)CN(Cc1ccccc1)CC2. The number of ether oxygens (including phenoxy) is 1. The van der Waals surface area contributed by atoms with Crippen LogP contribution in [0.3, 0.4) is 0 Å². The Balaban J connectivity index is 1.22. The van der Waals surface area contributed by atoms with Gasteiger partial charge >= 0.3 is 0 Å². The standard InChI is InChI=1S/C23H24N4O3S/c28-21(13-24-22(29)16-30-18-9-5-2-6-10-18)26-23-25-19-11-12-27(15-20(19)31-23)14-17-7-3-1-4-8-17/h1-10H,11-16H2,(H,24,29)(H,25,26,28). The van der Waals surface area contributed by atoms with Gasteiger partial charge in [0.1, 0.15) is 5.75 Å². The number of thiazole rings is 1. The number of para-hydroxylation sites is 1. The number of aromatic nitrogens is 1. The van der Waals surface area contributed by atoms with E-state index in [9.17, 15) is 9.59 Å². The molecule has 0 saturated heterocycles. The van der Waals surface area contributed by atoms with Crippen molar-refractivity contribution in [2.75, 3.05) is 25.0 Å². The molecule has 3 aromatic rings. The van der Waals surface area contributed by atoms with E-state index in [1.54, 1.807) is 12.1 Å². The second-order valence-electron chi connectivity index (χ2n) is 7.26. The van der Waals surface area contributed by atoms with Crippen LogP contribution in [0.1, 0.15) is 16.1 Å². The molecule has 0 radical (unpaired) electrons. The van der Waals surface area contributed by atoms with E-state index in [2.05, 4.69) is 44.8 Å². The molecule has 4 rings (SSSR count). The zero-order valence-electron chi connectivity index (χ0n) is 17.0. The van der Waals surface area contributed by atoms with Crippen LogP contribution in [0.2, 0.25) is 0 Å². The van der Waals surface area contributed by atoms with Gasteiger partial charge in [0.2, 0.25) is 5.91 Å². The Morgan fingerprint density at radius 2 is 1.77 bits per heavy atom. The second-order valence-corrected chi connectivity index (χ2v) is 8.35. The minimum atomic E-state index is -0.353. The largest absolute Gasteiger partial charge is 0.484 e. The van der Waals surface area contributed by atoms with E-state index >= 15 is 0 Å². The Morgan fingerprint density at radius 3 is 2.55 bits per heavy atom. The summed E-state index contributed by atoms with van der Waals surface area (Å²) in [6.07, 6.45) is 0.863. The van der Waals surface area contributed by atoms with Crippen LogP contribution in [-0.2, 0) is 29.1 Å².